The fourth-order valence-corrected chi connectivity index (χ4v) is 1.96. The van der Waals surface area contributed by atoms with Gasteiger partial charge in [-0.2, -0.15) is 0 Å². The van der Waals surface area contributed by atoms with Crippen molar-refractivity contribution in [2.45, 2.75) is 0 Å². The predicted molar refractivity (Wildman–Crippen MR) is 67.6 cm³/mol. The van der Waals surface area contributed by atoms with Gasteiger partial charge in [0.1, 0.15) is 5.82 Å². The Balaban J connectivity index is 2.33. The van der Waals surface area contributed by atoms with E-state index in [1.165, 1.54) is 31.4 Å². The number of esters is 1. The normalized spacial score (nSPS) is 10.3. The third kappa shape index (κ3) is 2.90. The fraction of sp³-hybridized carbons (Fsp3) is 0.0769. The number of halogens is 2. The molecule has 1 aromatic carbocycles. The number of rotatable bonds is 3. The van der Waals surface area contributed by atoms with Crippen LogP contribution in [0.25, 0.3) is 0 Å². The van der Waals surface area contributed by atoms with Gasteiger partial charge in [-0.15, -0.1) is 0 Å². The van der Waals surface area contributed by atoms with Gasteiger partial charge in [-0.05, 0) is 30.3 Å². The number of hydrogen-bond donors (Lipinski definition) is 0. The van der Waals surface area contributed by atoms with Gasteiger partial charge >= 0.3 is 5.97 Å². The molecule has 0 unspecified atom stereocenters. The Labute approximate surface area is 116 Å². The highest BCUT2D eigenvalue weighted by Gasteiger charge is 2.18. The van der Waals surface area contributed by atoms with Gasteiger partial charge in [-0.25, -0.2) is 9.18 Å². The minimum absolute atomic E-state index is 0.0575. The Kier molecular flexibility index (Phi) is 3.80. The van der Waals surface area contributed by atoms with E-state index in [0.717, 1.165) is 6.07 Å². The fourth-order valence-electron chi connectivity index (χ4n) is 1.50. The van der Waals surface area contributed by atoms with Gasteiger partial charge in [-0.3, -0.25) is 4.79 Å². The van der Waals surface area contributed by atoms with Gasteiger partial charge in [-0.1, -0.05) is 15.9 Å². The van der Waals surface area contributed by atoms with Crippen molar-refractivity contribution in [3.63, 3.8) is 0 Å². The molecule has 0 atom stereocenters. The van der Waals surface area contributed by atoms with Crippen molar-refractivity contribution in [1.82, 2.24) is 0 Å². The zero-order valence-corrected chi connectivity index (χ0v) is 11.4. The quantitative estimate of drug-likeness (QED) is 0.642. The highest BCUT2D eigenvalue weighted by molar-refractivity contribution is 9.10. The molecule has 0 saturated carbocycles. The van der Waals surface area contributed by atoms with Crippen molar-refractivity contribution in [3.8, 4) is 0 Å². The maximum absolute atomic E-state index is 13.2. The minimum atomic E-state index is -0.681. The summed E-state index contributed by atoms with van der Waals surface area (Å²) < 4.78 is 23.2. The Morgan fingerprint density at radius 1 is 1.21 bits per heavy atom. The highest BCUT2D eigenvalue weighted by atomic mass is 79.9. The lowest BCUT2D eigenvalue weighted by Crippen LogP contribution is -2.02. The van der Waals surface area contributed by atoms with Gasteiger partial charge in [0.15, 0.2) is 5.76 Å². The van der Waals surface area contributed by atoms with Gasteiger partial charge in [0, 0.05) is 10.0 Å². The number of hydrogen-bond acceptors (Lipinski definition) is 4. The van der Waals surface area contributed by atoms with Crippen LogP contribution in [0.1, 0.15) is 26.7 Å². The standard InChI is InChI=1S/C13H8BrFO4/c1-18-13(17)11-3-2-10(19-11)12(16)7-4-8(14)6-9(15)5-7/h2-6H,1H3. The summed E-state index contributed by atoms with van der Waals surface area (Å²) in [5.74, 6) is -1.88. The molecule has 4 nitrogen and oxygen atoms in total. The van der Waals surface area contributed by atoms with Crippen LogP contribution in [0.3, 0.4) is 0 Å². The Morgan fingerprint density at radius 3 is 2.53 bits per heavy atom. The number of ether oxygens (including phenoxy) is 1. The van der Waals surface area contributed by atoms with Gasteiger partial charge < -0.3 is 9.15 Å². The number of carbonyl (C=O) groups excluding carboxylic acids is 2. The minimum Gasteiger partial charge on any atom is -0.463 e. The summed E-state index contributed by atoms with van der Waals surface area (Å²) >= 11 is 3.10. The molecule has 0 N–H and O–H groups in total. The molecule has 0 aliphatic heterocycles. The second-order valence-electron chi connectivity index (χ2n) is 3.64. The summed E-state index contributed by atoms with van der Waals surface area (Å²) in [6, 6.07) is 6.46. The number of carbonyl (C=O) groups is 2. The van der Waals surface area contributed by atoms with Crippen LogP contribution in [0.15, 0.2) is 39.2 Å². The molecule has 6 heteroatoms. The molecule has 98 valence electrons. The van der Waals surface area contributed by atoms with Crippen molar-refractivity contribution in [2.75, 3.05) is 7.11 Å². The zero-order valence-electron chi connectivity index (χ0n) is 9.78. The lowest BCUT2D eigenvalue weighted by molar-refractivity contribution is 0.0563. The molecule has 2 aromatic rings. The zero-order chi connectivity index (χ0) is 14.0. The molecule has 2 rings (SSSR count). The maximum atomic E-state index is 13.2. The van der Waals surface area contributed by atoms with Crippen molar-refractivity contribution >= 4 is 27.7 Å². The SMILES string of the molecule is COC(=O)c1ccc(C(=O)c2cc(F)cc(Br)c2)o1. The predicted octanol–water partition coefficient (Wildman–Crippen LogP) is 3.20. The van der Waals surface area contributed by atoms with Crippen LogP contribution in [0.4, 0.5) is 4.39 Å². The Morgan fingerprint density at radius 2 is 1.89 bits per heavy atom. The van der Waals surface area contributed by atoms with Crippen LogP contribution >= 0.6 is 15.9 Å². The molecule has 0 fully saturated rings. The summed E-state index contributed by atoms with van der Waals surface area (Å²) in [6.07, 6.45) is 0. The first-order chi connectivity index (χ1) is 9.01. The highest BCUT2D eigenvalue weighted by Crippen LogP contribution is 2.19. The van der Waals surface area contributed by atoms with Gasteiger partial charge in [0.25, 0.3) is 0 Å². The first-order valence-corrected chi connectivity index (χ1v) is 5.99. The molecule has 0 spiro atoms. The van der Waals surface area contributed by atoms with E-state index in [-0.39, 0.29) is 17.1 Å². The van der Waals surface area contributed by atoms with E-state index >= 15 is 0 Å². The molecule has 0 radical (unpaired) electrons. The molecular formula is C13H8BrFO4. The van der Waals surface area contributed by atoms with Crippen LogP contribution < -0.4 is 0 Å². The van der Waals surface area contributed by atoms with E-state index in [1.807, 2.05) is 0 Å². The molecular weight excluding hydrogens is 319 g/mol. The summed E-state index contributed by atoms with van der Waals surface area (Å²) in [6.45, 7) is 0. The molecule has 0 amide bonds. The molecule has 0 aliphatic rings. The number of methoxy groups -OCH3 is 1. The Hall–Kier alpha value is -1.95. The summed E-state index contributed by atoms with van der Waals surface area (Å²) in [7, 11) is 1.20. The van der Waals surface area contributed by atoms with Crippen LogP contribution in [0.2, 0.25) is 0 Å². The molecule has 0 bridgehead atoms. The van der Waals surface area contributed by atoms with E-state index in [4.69, 9.17) is 4.42 Å². The summed E-state index contributed by atoms with van der Waals surface area (Å²) in [4.78, 5) is 23.2. The topological polar surface area (TPSA) is 56.5 Å². The van der Waals surface area contributed by atoms with Crippen molar-refractivity contribution in [1.29, 1.82) is 0 Å². The molecule has 1 heterocycles. The third-order valence-corrected chi connectivity index (χ3v) is 2.80. The number of benzene rings is 1. The van der Waals surface area contributed by atoms with Crippen molar-refractivity contribution in [2.24, 2.45) is 0 Å². The first-order valence-electron chi connectivity index (χ1n) is 5.20. The van der Waals surface area contributed by atoms with Crippen LogP contribution in [-0.4, -0.2) is 18.9 Å². The van der Waals surface area contributed by atoms with Crippen LogP contribution in [0, 0.1) is 5.82 Å². The van der Waals surface area contributed by atoms with E-state index in [1.54, 1.807) is 0 Å². The smallest absolute Gasteiger partial charge is 0.373 e. The van der Waals surface area contributed by atoms with Crippen molar-refractivity contribution < 1.29 is 23.1 Å². The van der Waals surface area contributed by atoms with E-state index in [2.05, 4.69) is 20.7 Å². The van der Waals surface area contributed by atoms with E-state index < -0.39 is 17.6 Å². The second kappa shape index (κ2) is 5.36. The third-order valence-electron chi connectivity index (χ3n) is 2.34. The monoisotopic (exact) mass is 326 g/mol. The largest absolute Gasteiger partial charge is 0.463 e. The molecule has 0 aliphatic carbocycles. The average Bonchev–Trinajstić information content (AvgIpc) is 2.85. The second-order valence-corrected chi connectivity index (χ2v) is 4.56. The van der Waals surface area contributed by atoms with E-state index in [9.17, 15) is 14.0 Å². The van der Waals surface area contributed by atoms with E-state index in [0.29, 0.717) is 4.47 Å². The molecule has 19 heavy (non-hydrogen) atoms. The first kappa shape index (κ1) is 13.5. The van der Waals surface area contributed by atoms with Gasteiger partial charge in [0.05, 0.1) is 7.11 Å². The summed E-state index contributed by atoms with van der Waals surface area (Å²) in [5, 5.41) is 0. The van der Waals surface area contributed by atoms with Crippen LogP contribution in [0.5, 0.6) is 0 Å². The van der Waals surface area contributed by atoms with Gasteiger partial charge in [0.2, 0.25) is 11.5 Å². The Bertz CT molecular complexity index is 628. The molecule has 1 aromatic heterocycles. The number of ketones is 1. The number of furan rings is 1. The average molecular weight is 327 g/mol. The lowest BCUT2D eigenvalue weighted by atomic mass is 10.1. The summed E-state index contributed by atoms with van der Waals surface area (Å²) in [5.41, 5.74) is 0.123. The lowest BCUT2D eigenvalue weighted by Gasteiger charge is -2.00. The maximum Gasteiger partial charge on any atom is 0.373 e. The molecule has 0 saturated heterocycles. The van der Waals surface area contributed by atoms with Crippen molar-refractivity contribution in [3.05, 3.63) is 57.7 Å². The van der Waals surface area contributed by atoms with Crippen LogP contribution in [-0.2, 0) is 4.74 Å².